The SMILES string of the molecule is CCc1nc(NC(=O)CCCCCl)sc1C. The molecule has 1 amide bonds. The molecule has 0 aliphatic carbocycles. The second-order valence-electron chi connectivity index (χ2n) is 3.57. The van der Waals surface area contributed by atoms with Gasteiger partial charge in [-0.2, -0.15) is 0 Å². The predicted octanol–water partition coefficient (Wildman–Crippen LogP) is 3.36. The highest BCUT2D eigenvalue weighted by molar-refractivity contribution is 7.15. The van der Waals surface area contributed by atoms with Gasteiger partial charge in [0.1, 0.15) is 0 Å². The minimum atomic E-state index is 0.0292. The summed E-state index contributed by atoms with van der Waals surface area (Å²) in [5, 5.41) is 3.53. The molecule has 0 unspecified atom stereocenters. The van der Waals surface area contributed by atoms with Crippen molar-refractivity contribution in [1.82, 2.24) is 4.98 Å². The number of alkyl halides is 1. The van der Waals surface area contributed by atoms with Gasteiger partial charge in [-0.05, 0) is 26.2 Å². The number of hydrogen-bond acceptors (Lipinski definition) is 3. The average molecular weight is 261 g/mol. The molecule has 0 bridgehead atoms. The first-order chi connectivity index (χ1) is 7.67. The summed E-state index contributed by atoms with van der Waals surface area (Å²) in [5.41, 5.74) is 1.07. The number of unbranched alkanes of at least 4 members (excludes halogenated alkanes) is 1. The molecule has 0 fully saturated rings. The number of rotatable bonds is 6. The lowest BCUT2D eigenvalue weighted by Gasteiger charge is -1.99. The molecule has 0 aromatic carbocycles. The summed E-state index contributed by atoms with van der Waals surface area (Å²) in [6.07, 6.45) is 3.14. The lowest BCUT2D eigenvalue weighted by atomic mass is 10.2. The van der Waals surface area contributed by atoms with E-state index in [1.165, 1.54) is 16.2 Å². The van der Waals surface area contributed by atoms with Crippen molar-refractivity contribution in [1.29, 1.82) is 0 Å². The molecule has 0 saturated carbocycles. The molecule has 0 atom stereocenters. The van der Waals surface area contributed by atoms with E-state index in [-0.39, 0.29) is 5.91 Å². The highest BCUT2D eigenvalue weighted by atomic mass is 35.5. The van der Waals surface area contributed by atoms with Gasteiger partial charge in [-0.1, -0.05) is 6.92 Å². The number of anilines is 1. The third kappa shape index (κ3) is 4.10. The topological polar surface area (TPSA) is 42.0 Å². The molecule has 1 aromatic heterocycles. The van der Waals surface area contributed by atoms with E-state index in [1.807, 2.05) is 6.92 Å². The van der Waals surface area contributed by atoms with E-state index in [0.29, 0.717) is 17.4 Å². The Hall–Kier alpha value is -0.610. The molecule has 90 valence electrons. The van der Waals surface area contributed by atoms with Crippen LogP contribution in [-0.4, -0.2) is 16.8 Å². The highest BCUT2D eigenvalue weighted by Crippen LogP contribution is 2.22. The van der Waals surface area contributed by atoms with Gasteiger partial charge in [-0.25, -0.2) is 4.98 Å². The summed E-state index contributed by atoms with van der Waals surface area (Å²) < 4.78 is 0. The maximum absolute atomic E-state index is 11.5. The summed E-state index contributed by atoms with van der Waals surface area (Å²) >= 11 is 7.08. The number of aryl methyl sites for hydroxylation is 2. The average Bonchev–Trinajstić information content (AvgIpc) is 2.59. The van der Waals surface area contributed by atoms with Crippen molar-refractivity contribution < 1.29 is 4.79 Å². The first-order valence-electron chi connectivity index (χ1n) is 5.49. The Labute approximate surface area is 105 Å². The van der Waals surface area contributed by atoms with Crippen LogP contribution in [0.15, 0.2) is 0 Å². The maximum Gasteiger partial charge on any atom is 0.226 e. The number of hydrogen-bond donors (Lipinski definition) is 1. The van der Waals surface area contributed by atoms with Crippen molar-refractivity contribution in [3.8, 4) is 0 Å². The van der Waals surface area contributed by atoms with Crippen LogP contribution in [0.5, 0.6) is 0 Å². The van der Waals surface area contributed by atoms with Crippen LogP contribution in [0, 0.1) is 6.92 Å². The zero-order chi connectivity index (χ0) is 12.0. The highest BCUT2D eigenvalue weighted by Gasteiger charge is 2.08. The van der Waals surface area contributed by atoms with E-state index < -0.39 is 0 Å². The largest absolute Gasteiger partial charge is 0.302 e. The molecule has 16 heavy (non-hydrogen) atoms. The number of nitrogens with zero attached hydrogens (tertiary/aromatic N) is 1. The smallest absolute Gasteiger partial charge is 0.226 e. The fraction of sp³-hybridized carbons (Fsp3) is 0.636. The van der Waals surface area contributed by atoms with E-state index in [2.05, 4.69) is 17.2 Å². The molecule has 0 saturated heterocycles. The zero-order valence-electron chi connectivity index (χ0n) is 9.68. The van der Waals surface area contributed by atoms with Crippen LogP contribution < -0.4 is 5.32 Å². The van der Waals surface area contributed by atoms with Gasteiger partial charge in [0.25, 0.3) is 0 Å². The summed E-state index contributed by atoms with van der Waals surface area (Å²) in [5.74, 6) is 0.644. The summed E-state index contributed by atoms with van der Waals surface area (Å²) in [7, 11) is 0. The minimum absolute atomic E-state index is 0.0292. The molecule has 0 aliphatic rings. The lowest BCUT2D eigenvalue weighted by Crippen LogP contribution is -2.10. The molecule has 5 heteroatoms. The third-order valence-electron chi connectivity index (χ3n) is 2.26. The van der Waals surface area contributed by atoms with Crippen molar-refractivity contribution in [3.63, 3.8) is 0 Å². The van der Waals surface area contributed by atoms with Gasteiger partial charge >= 0.3 is 0 Å². The van der Waals surface area contributed by atoms with Crippen LogP contribution >= 0.6 is 22.9 Å². The lowest BCUT2D eigenvalue weighted by molar-refractivity contribution is -0.116. The van der Waals surface area contributed by atoms with Gasteiger partial charge in [-0.15, -0.1) is 22.9 Å². The molecule has 0 aliphatic heterocycles. The molecule has 1 heterocycles. The van der Waals surface area contributed by atoms with Gasteiger partial charge in [0.2, 0.25) is 5.91 Å². The molecule has 1 N–H and O–H groups in total. The van der Waals surface area contributed by atoms with Crippen molar-refractivity contribution in [2.24, 2.45) is 0 Å². The number of amides is 1. The molecule has 1 rings (SSSR count). The molecule has 3 nitrogen and oxygen atoms in total. The van der Waals surface area contributed by atoms with Gasteiger partial charge < -0.3 is 5.32 Å². The van der Waals surface area contributed by atoms with Crippen molar-refractivity contribution >= 4 is 34.0 Å². The predicted molar refractivity (Wildman–Crippen MR) is 69.4 cm³/mol. The van der Waals surface area contributed by atoms with Crippen LogP contribution in [0.2, 0.25) is 0 Å². The van der Waals surface area contributed by atoms with Gasteiger partial charge in [0, 0.05) is 17.2 Å². The van der Waals surface area contributed by atoms with E-state index >= 15 is 0 Å². The number of carbonyl (C=O) groups is 1. The summed E-state index contributed by atoms with van der Waals surface area (Å²) in [6.45, 7) is 4.09. The van der Waals surface area contributed by atoms with Crippen LogP contribution in [0.4, 0.5) is 5.13 Å². The Kier molecular flexibility index (Phi) is 5.77. The first kappa shape index (κ1) is 13.5. The van der Waals surface area contributed by atoms with E-state index in [9.17, 15) is 4.79 Å². The minimum Gasteiger partial charge on any atom is -0.302 e. The maximum atomic E-state index is 11.5. The fourth-order valence-corrected chi connectivity index (χ4v) is 2.48. The van der Waals surface area contributed by atoms with Gasteiger partial charge in [-0.3, -0.25) is 4.79 Å². The molecule has 0 spiro atoms. The molecule has 1 aromatic rings. The number of thiazole rings is 1. The van der Waals surface area contributed by atoms with E-state index in [0.717, 1.165) is 25.0 Å². The van der Waals surface area contributed by atoms with E-state index in [4.69, 9.17) is 11.6 Å². The van der Waals surface area contributed by atoms with E-state index in [1.54, 1.807) is 0 Å². The summed E-state index contributed by atoms with van der Waals surface area (Å²) in [6, 6.07) is 0. The van der Waals surface area contributed by atoms with Crippen molar-refractivity contribution in [2.45, 2.75) is 39.5 Å². The monoisotopic (exact) mass is 260 g/mol. The zero-order valence-corrected chi connectivity index (χ0v) is 11.2. The Balaban J connectivity index is 2.43. The van der Waals surface area contributed by atoms with Crippen molar-refractivity contribution in [3.05, 3.63) is 10.6 Å². The quantitative estimate of drug-likeness (QED) is 0.630. The van der Waals surface area contributed by atoms with Crippen LogP contribution in [0.1, 0.15) is 36.8 Å². The normalized spacial score (nSPS) is 10.4. The van der Waals surface area contributed by atoms with Gasteiger partial charge in [0.05, 0.1) is 5.69 Å². The van der Waals surface area contributed by atoms with Gasteiger partial charge in [0.15, 0.2) is 5.13 Å². The fourth-order valence-electron chi connectivity index (χ4n) is 1.37. The number of halogens is 1. The Morgan fingerprint density at radius 1 is 1.50 bits per heavy atom. The summed E-state index contributed by atoms with van der Waals surface area (Å²) in [4.78, 5) is 17.0. The van der Waals surface area contributed by atoms with Crippen LogP contribution in [0.25, 0.3) is 0 Å². The number of carbonyl (C=O) groups excluding carboxylic acids is 1. The Bertz CT molecular complexity index is 352. The number of nitrogens with one attached hydrogen (secondary N) is 1. The second-order valence-corrected chi connectivity index (χ2v) is 5.15. The first-order valence-corrected chi connectivity index (χ1v) is 6.84. The third-order valence-corrected chi connectivity index (χ3v) is 3.46. The molecular weight excluding hydrogens is 244 g/mol. The number of aromatic nitrogens is 1. The van der Waals surface area contributed by atoms with Crippen LogP contribution in [0.3, 0.4) is 0 Å². The molecular formula is C11H17ClN2OS. The standard InChI is InChI=1S/C11H17ClN2OS/c1-3-9-8(2)16-11(13-9)14-10(15)6-4-5-7-12/h3-7H2,1-2H3,(H,13,14,15). The van der Waals surface area contributed by atoms with Crippen LogP contribution in [-0.2, 0) is 11.2 Å². The Morgan fingerprint density at radius 3 is 2.81 bits per heavy atom. The van der Waals surface area contributed by atoms with Crippen molar-refractivity contribution in [2.75, 3.05) is 11.2 Å². The molecule has 0 radical (unpaired) electrons. The second kappa shape index (κ2) is 6.86. The Morgan fingerprint density at radius 2 is 2.25 bits per heavy atom.